The average molecular weight is 232 g/mol. The van der Waals surface area contributed by atoms with Crippen molar-refractivity contribution in [2.24, 2.45) is 5.92 Å². The predicted octanol–water partition coefficient (Wildman–Crippen LogP) is 0.759. The minimum absolute atomic E-state index is 0.125. The van der Waals surface area contributed by atoms with Gasteiger partial charge >= 0.3 is 0 Å². The Morgan fingerprint density at radius 2 is 1.93 bits per heavy atom. The standard InChI is InChI=1S/C10H20N2O2S/c13-15(14)9-11-6-7-12(15)8-10-4-2-1-3-5-10/h10-11H,1-9H2. The third-order valence-corrected chi connectivity index (χ3v) is 5.09. The molecule has 1 N–H and O–H groups in total. The van der Waals surface area contributed by atoms with Crippen LogP contribution < -0.4 is 5.32 Å². The molecule has 2 rings (SSSR count). The van der Waals surface area contributed by atoms with Crippen LogP contribution in [0.3, 0.4) is 0 Å². The molecular formula is C10H20N2O2S. The molecule has 0 unspecified atom stereocenters. The highest BCUT2D eigenvalue weighted by Crippen LogP contribution is 2.25. The Bertz CT molecular complexity index is 297. The summed E-state index contributed by atoms with van der Waals surface area (Å²) in [5.74, 6) is 0.728. The van der Waals surface area contributed by atoms with E-state index < -0.39 is 10.0 Å². The molecule has 0 amide bonds. The fourth-order valence-corrected chi connectivity index (χ4v) is 3.89. The van der Waals surface area contributed by atoms with Gasteiger partial charge in [-0.15, -0.1) is 0 Å². The maximum absolute atomic E-state index is 11.7. The van der Waals surface area contributed by atoms with Crippen molar-refractivity contribution >= 4 is 10.0 Å². The Hall–Kier alpha value is -0.130. The van der Waals surface area contributed by atoms with Gasteiger partial charge in [-0.1, -0.05) is 19.3 Å². The second-order valence-corrected chi connectivity index (χ2v) is 6.59. The molecule has 0 aromatic heterocycles. The predicted molar refractivity (Wildman–Crippen MR) is 59.9 cm³/mol. The van der Waals surface area contributed by atoms with E-state index in [0.29, 0.717) is 12.5 Å². The quantitative estimate of drug-likeness (QED) is 0.764. The van der Waals surface area contributed by atoms with Crippen molar-refractivity contribution in [2.45, 2.75) is 32.1 Å². The summed E-state index contributed by atoms with van der Waals surface area (Å²) in [6.45, 7) is 2.20. The first-order valence-corrected chi connectivity index (χ1v) is 7.48. The summed E-state index contributed by atoms with van der Waals surface area (Å²) < 4.78 is 25.1. The second kappa shape index (κ2) is 4.80. The van der Waals surface area contributed by atoms with Crippen LogP contribution in [0.5, 0.6) is 0 Å². The lowest BCUT2D eigenvalue weighted by Crippen LogP contribution is -2.49. The van der Waals surface area contributed by atoms with E-state index in [1.807, 2.05) is 0 Å². The summed E-state index contributed by atoms with van der Waals surface area (Å²) in [6, 6.07) is 0. The number of hydrogen-bond donors (Lipinski definition) is 1. The van der Waals surface area contributed by atoms with Crippen molar-refractivity contribution in [3.8, 4) is 0 Å². The molecule has 0 aromatic rings. The maximum Gasteiger partial charge on any atom is 0.227 e. The van der Waals surface area contributed by atoms with E-state index in [9.17, 15) is 8.42 Å². The fraction of sp³-hybridized carbons (Fsp3) is 1.00. The Morgan fingerprint density at radius 1 is 1.20 bits per heavy atom. The van der Waals surface area contributed by atoms with Crippen LogP contribution >= 0.6 is 0 Å². The molecule has 0 radical (unpaired) electrons. The van der Waals surface area contributed by atoms with E-state index in [4.69, 9.17) is 0 Å². The summed E-state index contributed by atoms with van der Waals surface area (Å²) in [4.78, 5) is 0. The van der Waals surface area contributed by atoms with Gasteiger partial charge in [-0.05, 0) is 18.8 Å². The molecule has 1 heterocycles. The number of sulfonamides is 1. The molecule has 5 heteroatoms. The number of nitrogens with zero attached hydrogens (tertiary/aromatic N) is 1. The van der Waals surface area contributed by atoms with Crippen LogP contribution in [-0.4, -0.2) is 38.2 Å². The van der Waals surface area contributed by atoms with Gasteiger partial charge in [-0.3, -0.25) is 0 Å². The SMILES string of the molecule is O=S1(=O)CNCCN1CC1CCCCC1. The summed E-state index contributed by atoms with van der Waals surface area (Å²) in [6.07, 6.45) is 6.29. The molecule has 88 valence electrons. The summed E-state index contributed by atoms with van der Waals surface area (Å²) >= 11 is 0. The van der Waals surface area contributed by atoms with Crippen LogP contribution in [0.4, 0.5) is 0 Å². The van der Waals surface area contributed by atoms with Crippen molar-refractivity contribution in [3.05, 3.63) is 0 Å². The van der Waals surface area contributed by atoms with Crippen molar-refractivity contribution in [2.75, 3.05) is 25.5 Å². The van der Waals surface area contributed by atoms with E-state index in [-0.39, 0.29) is 5.88 Å². The van der Waals surface area contributed by atoms with Gasteiger partial charge in [0.25, 0.3) is 0 Å². The zero-order valence-electron chi connectivity index (χ0n) is 9.11. The second-order valence-electron chi connectivity index (χ2n) is 4.62. The Labute approximate surface area is 92.1 Å². The lowest BCUT2D eigenvalue weighted by molar-refractivity contribution is 0.272. The first-order valence-electron chi connectivity index (χ1n) is 5.87. The lowest BCUT2D eigenvalue weighted by atomic mass is 9.89. The number of hydrogen-bond acceptors (Lipinski definition) is 3. The van der Waals surface area contributed by atoms with E-state index >= 15 is 0 Å². The highest BCUT2D eigenvalue weighted by atomic mass is 32.2. The molecule has 0 bridgehead atoms. The molecule has 1 saturated heterocycles. The lowest BCUT2D eigenvalue weighted by Gasteiger charge is -2.31. The topological polar surface area (TPSA) is 49.4 Å². The zero-order valence-corrected chi connectivity index (χ0v) is 9.93. The molecule has 2 fully saturated rings. The van der Waals surface area contributed by atoms with E-state index in [2.05, 4.69) is 5.32 Å². The smallest absolute Gasteiger partial charge is 0.227 e. The van der Waals surface area contributed by atoms with Gasteiger partial charge in [0.15, 0.2) is 0 Å². The Kier molecular flexibility index (Phi) is 3.64. The van der Waals surface area contributed by atoms with E-state index in [1.165, 1.54) is 32.1 Å². The first kappa shape index (κ1) is 11.4. The zero-order chi connectivity index (χ0) is 10.7. The Balaban J connectivity index is 1.91. The normalized spacial score (nSPS) is 29.1. The van der Waals surface area contributed by atoms with Gasteiger partial charge in [-0.2, -0.15) is 4.31 Å². The van der Waals surface area contributed by atoms with E-state index in [1.54, 1.807) is 4.31 Å². The van der Waals surface area contributed by atoms with Crippen LogP contribution in [0.25, 0.3) is 0 Å². The van der Waals surface area contributed by atoms with Crippen LogP contribution in [-0.2, 0) is 10.0 Å². The maximum atomic E-state index is 11.7. The van der Waals surface area contributed by atoms with Crippen molar-refractivity contribution in [3.63, 3.8) is 0 Å². The highest BCUT2D eigenvalue weighted by molar-refractivity contribution is 7.89. The molecule has 0 aromatic carbocycles. The van der Waals surface area contributed by atoms with Crippen LogP contribution in [0.15, 0.2) is 0 Å². The van der Waals surface area contributed by atoms with Crippen molar-refractivity contribution in [1.29, 1.82) is 0 Å². The molecule has 1 aliphatic heterocycles. The highest BCUT2D eigenvalue weighted by Gasteiger charge is 2.28. The molecule has 1 aliphatic carbocycles. The number of nitrogens with one attached hydrogen (secondary N) is 1. The molecule has 4 nitrogen and oxygen atoms in total. The van der Waals surface area contributed by atoms with E-state index in [0.717, 1.165) is 13.1 Å². The van der Waals surface area contributed by atoms with Gasteiger partial charge in [0.05, 0.1) is 0 Å². The van der Waals surface area contributed by atoms with Crippen molar-refractivity contribution < 1.29 is 8.42 Å². The molecule has 0 spiro atoms. The van der Waals surface area contributed by atoms with Crippen LogP contribution in [0.1, 0.15) is 32.1 Å². The molecule has 1 saturated carbocycles. The summed E-state index contributed by atoms with van der Waals surface area (Å²) in [5.41, 5.74) is 0. The van der Waals surface area contributed by atoms with Crippen LogP contribution in [0.2, 0.25) is 0 Å². The average Bonchev–Trinajstić information content (AvgIpc) is 2.23. The molecule has 2 aliphatic rings. The minimum atomic E-state index is -3.00. The molecular weight excluding hydrogens is 212 g/mol. The third kappa shape index (κ3) is 2.92. The monoisotopic (exact) mass is 232 g/mol. The first-order chi connectivity index (χ1) is 7.18. The van der Waals surface area contributed by atoms with Crippen molar-refractivity contribution in [1.82, 2.24) is 9.62 Å². The van der Waals surface area contributed by atoms with Gasteiger partial charge in [0.1, 0.15) is 5.88 Å². The minimum Gasteiger partial charge on any atom is -0.301 e. The molecule has 0 atom stereocenters. The summed E-state index contributed by atoms with van der Waals surface area (Å²) in [7, 11) is -3.00. The van der Waals surface area contributed by atoms with Crippen LogP contribution in [0, 0.1) is 5.92 Å². The van der Waals surface area contributed by atoms with Gasteiger partial charge in [-0.25, -0.2) is 8.42 Å². The fourth-order valence-electron chi connectivity index (χ4n) is 2.50. The largest absolute Gasteiger partial charge is 0.301 e. The van der Waals surface area contributed by atoms with Gasteiger partial charge in [0.2, 0.25) is 10.0 Å². The summed E-state index contributed by atoms with van der Waals surface area (Å²) in [5, 5.41) is 2.91. The van der Waals surface area contributed by atoms with Gasteiger partial charge in [0, 0.05) is 19.6 Å². The third-order valence-electron chi connectivity index (χ3n) is 3.40. The van der Waals surface area contributed by atoms with Gasteiger partial charge < -0.3 is 5.32 Å². The Morgan fingerprint density at radius 3 is 2.60 bits per heavy atom. The number of rotatable bonds is 2. The molecule has 15 heavy (non-hydrogen) atoms.